The molecule has 0 unspecified atom stereocenters. The van der Waals surface area contributed by atoms with Crippen molar-refractivity contribution in [2.24, 2.45) is 0 Å². The Kier molecular flexibility index (Phi) is 5.29. The van der Waals surface area contributed by atoms with E-state index in [1.807, 2.05) is 19.1 Å². The Balaban J connectivity index is 3.37. The molecule has 0 aromatic heterocycles. The van der Waals surface area contributed by atoms with Crippen LogP contribution in [0.1, 0.15) is 16.7 Å². The standard InChI is InChI=1S/C14H21NO3S/c1-5-6-15(7-8-16)19(17,18)14-12(3)9-11(2)10-13(14)4/h5,9-10,16H,1,6-8H2,2-4H3. The third-order valence-corrected chi connectivity index (χ3v) is 5.06. The van der Waals surface area contributed by atoms with Crippen molar-refractivity contribution in [3.05, 3.63) is 41.5 Å². The fourth-order valence-corrected chi connectivity index (χ4v) is 4.08. The third-order valence-electron chi connectivity index (χ3n) is 2.88. The maximum absolute atomic E-state index is 12.6. The molecule has 0 saturated heterocycles. The Hall–Kier alpha value is -1.17. The minimum atomic E-state index is -3.60. The number of benzene rings is 1. The van der Waals surface area contributed by atoms with Crippen molar-refractivity contribution in [3.63, 3.8) is 0 Å². The molecule has 0 amide bonds. The van der Waals surface area contributed by atoms with E-state index in [1.165, 1.54) is 10.4 Å². The van der Waals surface area contributed by atoms with Gasteiger partial charge in [0.2, 0.25) is 10.0 Å². The predicted molar refractivity (Wildman–Crippen MR) is 76.7 cm³/mol. The molecule has 0 fully saturated rings. The zero-order valence-corrected chi connectivity index (χ0v) is 12.5. The van der Waals surface area contributed by atoms with Gasteiger partial charge in [0.05, 0.1) is 11.5 Å². The van der Waals surface area contributed by atoms with Crippen LogP contribution < -0.4 is 0 Å². The van der Waals surface area contributed by atoms with Crippen LogP contribution in [-0.2, 0) is 10.0 Å². The van der Waals surface area contributed by atoms with Gasteiger partial charge >= 0.3 is 0 Å². The van der Waals surface area contributed by atoms with Crippen LogP contribution in [0.2, 0.25) is 0 Å². The molecule has 0 aliphatic carbocycles. The van der Waals surface area contributed by atoms with Crippen molar-refractivity contribution in [1.29, 1.82) is 0 Å². The summed E-state index contributed by atoms with van der Waals surface area (Å²) < 4.78 is 26.5. The normalized spacial score (nSPS) is 11.8. The number of aryl methyl sites for hydroxylation is 3. The highest BCUT2D eigenvalue weighted by atomic mass is 32.2. The molecule has 1 aromatic carbocycles. The highest BCUT2D eigenvalue weighted by Gasteiger charge is 2.26. The molecule has 19 heavy (non-hydrogen) atoms. The van der Waals surface area contributed by atoms with Gasteiger partial charge < -0.3 is 5.11 Å². The largest absolute Gasteiger partial charge is 0.395 e. The molecule has 0 heterocycles. The third kappa shape index (κ3) is 3.43. The predicted octanol–water partition coefficient (Wildman–Crippen LogP) is 1.78. The summed E-state index contributed by atoms with van der Waals surface area (Å²) >= 11 is 0. The molecule has 1 rings (SSSR count). The zero-order chi connectivity index (χ0) is 14.6. The highest BCUT2D eigenvalue weighted by Crippen LogP contribution is 2.25. The Morgan fingerprint density at radius 3 is 2.21 bits per heavy atom. The van der Waals surface area contributed by atoms with Crippen molar-refractivity contribution in [1.82, 2.24) is 4.31 Å². The van der Waals surface area contributed by atoms with Gasteiger partial charge in [0.1, 0.15) is 0 Å². The summed E-state index contributed by atoms with van der Waals surface area (Å²) in [4.78, 5) is 0.327. The lowest BCUT2D eigenvalue weighted by atomic mass is 10.1. The molecule has 0 saturated carbocycles. The van der Waals surface area contributed by atoms with E-state index in [0.717, 1.165) is 16.7 Å². The number of hydrogen-bond acceptors (Lipinski definition) is 3. The van der Waals surface area contributed by atoms with E-state index >= 15 is 0 Å². The van der Waals surface area contributed by atoms with Gasteiger partial charge in [-0.25, -0.2) is 8.42 Å². The first-order valence-electron chi connectivity index (χ1n) is 6.14. The number of aliphatic hydroxyl groups is 1. The van der Waals surface area contributed by atoms with Crippen LogP contribution in [0.5, 0.6) is 0 Å². The summed E-state index contributed by atoms with van der Waals surface area (Å²) in [7, 11) is -3.60. The van der Waals surface area contributed by atoms with Crippen LogP contribution in [0.3, 0.4) is 0 Å². The van der Waals surface area contributed by atoms with Crippen molar-refractivity contribution < 1.29 is 13.5 Å². The fourth-order valence-electron chi connectivity index (χ4n) is 2.27. The lowest BCUT2D eigenvalue weighted by Crippen LogP contribution is -2.34. The van der Waals surface area contributed by atoms with Gasteiger partial charge in [-0.3, -0.25) is 0 Å². The lowest BCUT2D eigenvalue weighted by Gasteiger charge is -2.22. The Morgan fingerprint density at radius 1 is 1.26 bits per heavy atom. The molecule has 0 aliphatic heterocycles. The molecule has 106 valence electrons. The summed E-state index contributed by atoms with van der Waals surface area (Å²) in [6.07, 6.45) is 1.52. The topological polar surface area (TPSA) is 57.6 Å². The van der Waals surface area contributed by atoms with E-state index in [2.05, 4.69) is 6.58 Å². The van der Waals surface area contributed by atoms with E-state index in [-0.39, 0.29) is 19.7 Å². The first-order chi connectivity index (χ1) is 8.84. The summed E-state index contributed by atoms with van der Waals surface area (Å²) in [5.74, 6) is 0. The van der Waals surface area contributed by atoms with E-state index in [9.17, 15) is 8.42 Å². The van der Waals surface area contributed by atoms with E-state index < -0.39 is 10.0 Å². The molecule has 5 heteroatoms. The van der Waals surface area contributed by atoms with Crippen molar-refractivity contribution in [3.8, 4) is 0 Å². The quantitative estimate of drug-likeness (QED) is 0.810. The van der Waals surface area contributed by atoms with Gasteiger partial charge in [-0.2, -0.15) is 4.31 Å². The average Bonchev–Trinajstić information content (AvgIpc) is 2.26. The number of hydrogen-bond donors (Lipinski definition) is 1. The van der Waals surface area contributed by atoms with Crippen molar-refractivity contribution >= 4 is 10.0 Å². The van der Waals surface area contributed by atoms with Crippen LogP contribution in [0.25, 0.3) is 0 Å². The monoisotopic (exact) mass is 283 g/mol. The van der Waals surface area contributed by atoms with Gasteiger partial charge in [-0.15, -0.1) is 6.58 Å². The minimum Gasteiger partial charge on any atom is -0.395 e. The van der Waals surface area contributed by atoms with Crippen LogP contribution >= 0.6 is 0 Å². The summed E-state index contributed by atoms with van der Waals surface area (Å²) in [6.45, 7) is 9.13. The van der Waals surface area contributed by atoms with Crippen LogP contribution in [0.4, 0.5) is 0 Å². The smallest absolute Gasteiger partial charge is 0.243 e. The lowest BCUT2D eigenvalue weighted by molar-refractivity contribution is 0.260. The Morgan fingerprint density at radius 2 is 1.79 bits per heavy atom. The molecule has 0 radical (unpaired) electrons. The minimum absolute atomic E-state index is 0.0705. The molecule has 0 aliphatic rings. The molecule has 0 spiro atoms. The van der Waals surface area contributed by atoms with Crippen molar-refractivity contribution in [2.45, 2.75) is 25.7 Å². The van der Waals surface area contributed by atoms with Gasteiger partial charge in [0, 0.05) is 13.1 Å². The van der Waals surface area contributed by atoms with Gasteiger partial charge in [-0.1, -0.05) is 23.8 Å². The average molecular weight is 283 g/mol. The fraction of sp³-hybridized carbons (Fsp3) is 0.429. The molecule has 1 N–H and O–H groups in total. The summed E-state index contributed by atoms with van der Waals surface area (Å²) in [5, 5.41) is 9.02. The zero-order valence-electron chi connectivity index (χ0n) is 11.7. The van der Waals surface area contributed by atoms with Crippen LogP contribution in [0.15, 0.2) is 29.7 Å². The second kappa shape index (κ2) is 6.32. The van der Waals surface area contributed by atoms with E-state index in [4.69, 9.17) is 5.11 Å². The SMILES string of the molecule is C=CCN(CCO)S(=O)(=O)c1c(C)cc(C)cc1C. The molecule has 0 bridgehead atoms. The summed E-state index contributed by atoms with van der Waals surface area (Å²) in [5.41, 5.74) is 2.49. The summed E-state index contributed by atoms with van der Waals surface area (Å²) in [6, 6.07) is 3.70. The molecular weight excluding hydrogens is 262 g/mol. The number of aliphatic hydroxyl groups excluding tert-OH is 1. The second-order valence-electron chi connectivity index (χ2n) is 4.60. The molecular formula is C14H21NO3S. The maximum Gasteiger partial charge on any atom is 0.243 e. The van der Waals surface area contributed by atoms with Crippen molar-refractivity contribution in [2.75, 3.05) is 19.7 Å². The second-order valence-corrected chi connectivity index (χ2v) is 6.48. The molecule has 1 aromatic rings. The first kappa shape index (κ1) is 15.9. The van der Waals surface area contributed by atoms with Gasteiger partial charge in [-0.05, 0) is 31.9 Å². The number of sulfonamides is 1. The first-order valence-corrected chi connectivity index (χ1v) is 7.58. The highest BCUT2D eigenvalue weighted by molar-refractivity contribution is 7.89. The Labute approximate surface area is 115 Å². The molecule has 0 atom stereocenters. The number of nitrogens with zero attached hydrogens (tertiary/aromatic N) is 1. The van der Waals surface area contributed by atoms with E-state index in [0.29, 0.717) is 4.90 Å². The van der Waals surface area contributed by atoms with Gasteiger partial charge in [0.25, 0.3) is 0 Å². The molecule has 4 nitrogen and oxygen atoms in total. The number of rotatable bonds is 6. The Bertz CT molecular complexity index is 541. The van der Waals surface area contributed by atoms with Crippen LogP contribution in [-0.4, -0.2) is 37.5 Å². The van der Waals surface area contributed by atoms with Gasteiger partial charge in [0.15, 0.2) is 0 Å². The van der Waals surface area contributed by atoms with E-state index in [1.54, 1.807) is 13.8 Å². The van der Waals surface area contributed by atoms with Crippen LogP contribution in [0, 0.1) is 20.8 Å². The maximum atomic E-state index is 12.6.